The van der Waals surface area contributed by atoms with Gasteiger partial charge in [-0.15, -0.1) is 0 Å². The fourth-order valence-electron chi connectivity index (χ4n) is 2.45. The van der Waals surface area contributed by atoms with Crippen molar-refractivity contribution in [1.82, 2.24) is 9.88 Å². The molecule has 1 aromatic rings. The maximum atomic E-state index is 9.01. The van der Waals surface area contributed by atoms with Crippen LogP contribution in [-0.2, 0) is 0 Å². The zero-order valence-corrected chi connectivity index (χ0v) is 11.4. The Hall–Kier alpha value is -1.86. The number of anilines is 1. The van der Waals surface area contributed by atoms with E-state index in [1.54, 1.807) is 18.3 Å². The van der Waals surface area contributed by atoms with E-state index in [0.717, 1.165) is 38.4 Å². The van der Waals surface area contributed by atoms with E-state index < -0.39 is 0 Å². The average molecular weight is 279 g/mol. The molecule has 0 bridgehead atoms. The van der Waals surface area contributed by atoms with Crippen LogP contribution >= 0.6 is 0 Å². The number of aromatic nitrogens is 1. The second kappa shape index (κ2) is 7.06. The smallest absolute Gasteiger partial charge is 0.173 e. The molecule has 0 amide bonds. The molecule has 0 spiro atoms. The standard InChI is InChI=1S/C13H21N5O2/c14-12(16-20)11-3-1-4-15-13(11)18-6-2-5-17(7-8-18)9-10-19/h1,3-4,19-20H,2,5-10H2,(H2,14,16). The highest BCUT2D eigenvalue weighted by atomic mass is 16.4. The summed E-state index contributed by atoms with van der Waals surface area (Å²) in [7, 11) is 0. The van der Waals surface area contributed by atoms with Gasteiger partial charge in [0.1, 0.15) is 5.82 Å². The molecular formula is C13H21N5O2. The van der Waals surface area contributed by atoms with Crippen molar-refractivity contribution in [1.29, 1.82) is 0 Å². The third-order valence-corrected chi connectivity index (χ3v) is 3.47. The van der Waals surface area contributed by atoms with Crippen LogP contribution in [0.3, 0.4) is 0 Å². The monoisotopic (exact) mass is 279 g/mol. The summed E-state index contributed by atoms with van der Waals surface area (Å²) < 4.78 is 0. The minimum absolute atomic E-state index is 0.0737. The third kappa shape index (κ3) is 3.37. The normalized spacial score (nSPS) is 18.1. The van der Waals surface area contributed by atoms with Gasteiger partial charge in [-0.05, 0) is 25.1 Å². The summed E-state index contributed by atoms with van der Waals surface area (Å²) in [4.78, 5) is 8.74. The summed E-state index contributed by atoms with van der Waals surface area (Å²) in [5.74, 6) is 0.818. The van der Waals surface area contributed by atoms with Crippen molar-refractivity contribution in [2.45, 2.75) is 6.42 Å². The van der Waals surface area contributed by atoms with Crippen LogP contribution in [0.4, 0.5) is 5.82 Å². The summed E-state index contributed by atoms with van der Waals surface area (Å²) in [6.45, 7) is 4.38. The van der Waals surface area contributed by atoms with Gasteiger partial charge in [-0.2, -0.15) is 0 Å². The Morgan fingerprint density at radius 2 is 2.20 bits per heavy atom. The van der Waals surface area contributed by atoms with Crippen molar-refractivity contribution in [2.75, 3.05) is 44.2 Å². The van der Waals surface area contributed by atoms with E-state index in [4.69, 9.17) is 16.0 Å². The van der Waals surface area contributed by atoms with Crippen LogP contribution in [0.15, 0.2) is 23.5 Å². The van der Waals surface area contributed by atoms with E-state index in [1.165, 1.54) is 0 Å². The minimum atomic E-state index is 0.0737. The summed E-state index contributed by atoms with van der Waals surface area (Å²) in [5, 5.41) is 20.9. The van der Waals surface area contributed by atoms with Crippen LogP contribution in [0, 0.1) is 0 Å². The zero-order chi connectivity index (χ0) is 14.4. The Bertz CT molecular complexity index is 466. The van der Waals surface area contributed by atoms with Crippen LogP contribution in [0.5, 0.6) is 0 Å². The number of rotatable bonds is 4. The number of aliphatic hydroxyl groups excluding tert-OH is 1. The van der Waals surface area contributed by atoms with Gasteiger partial charge in [0.05, 0.1) is 12.2 Å². The molecule has 0 unspecified atom stereocenters. The Morgan fingerprint density at radius 1 is 1.35 bits per heavy atom. The molecule has 0 saturated carbocycles. The first-order valence-corrected chi connectivity index (χ1v) is 6.77. The molecule has 0 radical (unpaired) electrons. The first-order valence-electron chi connectivity index (χ1n) is 6.77. The molecule has 1 aromatic heterocycles. The molecule has 1 aliphatic rings. The molecule has 0 aliphatic carbocycles. The Balaban J connectivity index is 2.15. The van der Waals surface area contributed by atoms with E-state index in [1.807, 2.05) is 0 Å². The number of amidine groups is 1. The van der Waals surface area contributed by atoms with Crippen LogP contribution in [-0.4, -0.2) is 65.4 Å². The van der Waals surface area contributed by atoms with Gasteiger partial charge in [-0.3, -0.25) is 4.90 Å². The predicted octanol–water partition coefficient (Wildman–Crippen LogP) is -0.320. The highest BCUT2D eigenvalue weighted by Crippen LogP contribution is 2.18. The molecule has 4 N–H and O–H groups in total. The Kier molecular flexibility index (Phi) is 5.14. The molecule has 2 rings (SSSR count). The number of oxime groups is 1. The minimum Gasteiger partial charge on any atom is -0.409 e. The maximum absolute atomic E-state index is 9.01. The number of pyridine rings is 1. The van der Waals surface area contributed by atoms with Gasteiger partial charge in [0, 0.05) is 32.4 Å². The summed E-state index contributed by atoms with van der Waals surface area (Å²) >= 11 is 0. The topological polar surface area (TPSA) is 98.2 Å². The van der Waals surface area contributed by atoms with Gasteiger partial charge in [-0.25, -0.2) is 4.98 Å². The molecule has 0 atom stereocenters. The third-order valence-electron chi connectivity index (χ3n) is 3.47. The molecule has 20 heavy (non-hydrogen) atoms. The van der Waals surface area contributed by atoms with E-state index in [2.05, 4.69) is 19.9 Å². The number of hydrogen-bond acceptors (Lipinski definition) is 6. The van der Waals surface area contributed by atoms with Crippen molar-refractivity contribution in [3.8, 4) is 0 Å². The van der Waals surface area contributed by atoms with Gasteiger partial charge in [0.15, 0.2) is 5.84 Å². The van der Waals surface area contributed by atoms with Crippen LogP contribution in [0.2, 0.25) is 0 Å². The first kappa shape index (κ1) is 14.5. The van der Waals surface area contributed by atoms with Crippen molar-refractivity contribution < 1.29 is 10.3 Å². The highest BCUT2D eigenvalue weighted by Gasteiger charge is 2.19. The molecule has 0 aromatic carbocycles. The number of aliphatic hydroxyl groups is 1. The second-order valence-corrected chi connectivity index (χ2v) is 4.77. The quantitative estimate of drug-likeness (QED) is 0.302. The largest absolute Gasteiger partial charge is 0.409 e. The summed E-state index contributed by atoms with van der Waals surface area (Å²) in [6, 6.07) is 3.57. The lowest BCUT2D eigenvalue weighted by Gasteiger charge is -2.24. The molecule has 1 saturated heterocycles. The first-order chi connectivity index (χ1) is 9.76. The SMILES string of the molecule is N/C(=N/O)c1cccnc1N1CCCN(CCO)CC1. The van der Waals surface area contributed by atoms with Crippen molar-refractivity contribution in [2.24, 2.45) is 10.9 Å². The number of hydrogen-bond donors (Lipinski definition) is 3. The molecule has 110 valence electrons. The second-order valence-electron chi connectivity index (χ2n) is 4.77. The molecule has 1 fully saturated rings. The van der Waals surface area contributed by atoms with Gasteiger partial charge >= 0.3 is 0 Å². The zero-order valence-electron chi connectivity index (χ0n) is 11.4. The predicted molar refractivity (Wildman–Crippen MR) is 77.1 cm³/mol. The number of β-amino-alcohol motifs (C(OH)–C–C–N with tert-alkyl or cyclic N) is 1. The Morgan fingerprint density at radius 3 is 2.95 bits per heavy atom. The van der Waals surface area contributed by atoms with E-state index >= 15 is 0 Å². The van der Waals surface area contributed by atoms with E-state index in [0.29, 0.717) is 12.1 Å². The summed E-state index contributed by atoms with van der Waals surface area (Å²) in [5.41, 5.74) is 6.35. The molecular weight excluding hydrogens is 258 g/mol. The molecule has 2 heterocycles. The van der Waals surface area contributed by atoms with Crippen LogP contribution in [0.25, 0.3) is 0 Å². The lowest BCUT2D eigenvalue weighted by Crippen LogP contribution is -2.33. The molecule has 7 nitrogen and oxygen atoms in total. The van der Waals surface area contributed by atoms with Crippen molar-refractivity contribution in [3.63, 3.8) is 0 Å². The number of nitrogens with two attached hydrogens (primary N) is 1. The van der Waals surface area contributed by atoms with Gasteiger partial charge in [-0.1, -0.05) is 5.16 Å². The summed E-state index contributed by atoms with van der Waals surface area (Å²) in [6.07, 6.45) is 2.70. The Labute approximate surface area is 118 Å². The van der Waals surface area contributed by atoms with Crippen LogP contribution in [0.1, 0.15) is 12.0 Å². The molecule has 1 aliphatic heterocycles. The van der Waals surface area contributed by atoms with E-state index in [-0.39, 0.29) is 12.4 Å². The maximum Gasteiger partial charge on any atom is 0.173 e. The van der Waals surface area contributed by atoms with Gasteiger partial charge in [0.25, 0.3) is 0 Å². The average Bonchev–Trinajstić information content (AvgIpc) is 2.72. The number of nitrogens with zero attached hydrogens (tertiary/aromatic N) is 4. The van der Waals surface area contributed by atoms with Gasteiger partial charge in [0.2, 0.25) is 0 Å². The molecule has 7 heteroatoms. The van der Waals surface area contributed by atoms with Crippen molar-refractivity contribution in [3.05, 3.63) is 23.9 Å². The van der Waals surface area contributed by atoms with Crippen molar-refractivity contribution >= 4 is 11.7 Å². The fourth-order valence-corrected chi connectivity index (χ4v) is 2.45. The van der Waals surface area contributed by atoms with Gasteiger partial charge < -0.3 is 20.9 Å². The lowest BCUT2D eigenvalue weighted by atomic mass is 10.2. The lowest BCUT2D eigenvalue weighted by molar-refractivity contribution is 0.204. The fraction of sp³-hybridized carbons (Fsp3) is 0.538. The highest BCUT2D eigenvalue weighted by molar-refractivity contribution is 6.01. The van der Waals surface area contributed by atoms with Crippen LogP contribution < -0.4 is 10.6 Å². The van der Waals surface area contributed by atoms with E-state index in [9.17, 15) is 0 Å².